The number of nitrogens with zero attached hydrogens (tertiary/aromatic N) is 5. The fourth-order valence-corrected chi connectivity index (χ4v) is 4.83. The number of pyridine rings is 3. The predicted molar refractivity (Wildman–Crippen MR) is 136 cm³/mol. The summed E-state index contributed by atoms with van der Waals surface area (Å²) >= 11 is 0. The zero-order chi connectivity index (χ0) is 22.5. The summed E-state index contributed by atoms with van der Waals surface area (Å²) in [5, 5.41) is 2.30. The molecule has 0 atom stereocenters. The van der Waals surface area contributed by atoms with Crippen LogP contribution in [0.25, 0.3) is 55.9 Å². The number of para-hydroxylation sites is 2. The summed E-state index contributed by atoms with van der Waals surface area (Å²) in [6.07, 6.45) is 3.66. The SMILES string of the molecule is c1ccc(-n2c3ccccc3c3c4ncccc4n(-c4cccc(-c5ccccn5)n4)c32)cc1. The van der Waals surface area contributed by atoms with Crippen LogP contribution in [0.5, 0.6) is 0 Å². The van der Waals surface area contributed by atoms with Crippen molar-refractivity contribution in [2.75, 3.05) is 0 Å². The molecule has 0 unspecified atom stereocenters. The molecule has 7 aromatic rings. The Morgan fingerprint density at radius 1 is 0.529 bits per heavy atom. The van der Waals surface area contributed by atoms with Gasteiger partial charge < -0.3 is 0 Å². The number of fused-ring (bicyclic) bond motifs is 5. The van der Waals surface area contributed by atoms with Crippen molar-refractivity contribution < 1.29 is 0 Å². The third kappa shape index (κ3) is 2.70. The van der Waals surface area contributed by atoms with E-state index in [0.717, 1.165) is 50.5 Å². The second-order valence-electron chi connectivity index (χ2n) is 8.19. The van der Waals surface area contributed by atoms with Gasteiger partial charge in [-0.05, 0) is 54.6 Å². The summed E-state index contributed by atoms with van der Waals surface area (Å²) in [7, 11) is 0. The topological polar surface area (TPSA) is 48.5 Å². The Bertz CT molecular complexity index is 1800. The first kappa shape index (κ1) is 18.8. The van der Waals surface area contributed by atoms with E-state index >= 15 is 0 Å². The maximum Gasteiger partial charge on any atom is 0.139 e. The van der Waals surface area contributed by atoms with Gasteiger partial charge in [0.25, 0.3) is 0 Å². The van der Waals surface area contributed by atoms with Gasteiger partial charge in [-0.25, -0.2) is 4.98 Å². The van der Waals surface area contributed by atoms with Gasteiger partial charge in [0.05, 0.1) is 33.3 Å². The van der Waals surface area contributed by atoms with E-state index in [2.05, 4.69) is 68.7 Å². The highest BCUT2D eigenvalue weighted by atomic mass is 15.2. The van der Waals surface area contributed by atoms with E-state index in [9.17, 15) is 0 Å². The van der Waals surface area contributed by atoms with Crippen molar-refractivity contribution in [3.05, 3.63) is 116 Å². The minimum Gasteiger partial charge on any atom is -0.295 e. The Labute approximate surface area is 195 Å². The van der Waals surface area contributed by atoms with Crippen LogP contribution >= 0.6 is 0 Å². The molecule has 0 fully saturated rings. The van der Waals surface area contributed by atoms with Gasteiger partial charge in [-0.3, -0.25) is 19.1 Å². The minimum atomic E-state index is 0.830. The lowest BCUT2D eigenvalue weighted by Crippen LogP contribution is -2.04. The van der Waals surface area contributed by atoms with Crippen molar-refractivity contribution in [1.29, 1.82) is 0 Å². The number of rotatable bonds is 3. The predicted octanol–water partition coefficient (Wildman–Crippen LogP) is 6.58. The Hall–Kier alpha value is -4.77. The lowest BCUT2D eigenvalue weighted by Gasteiger charge is -2.12. The number of benzene rings is 2. The third-order valence-electron chi connectivity index (χ3n) is 6.23. The Morgan fingerprint density at radius 3 is 2.18 bits per heavy atom. The average molecular weight is 438 g/mol. The van der Waals surface area contributed by atoms with Crippen molar-refractivity contribution in [3.63, 3.8) is 0 Å². The van der Waals surface area contributed by atoms with Crippen LogP contribution < -0.4 is 0 Å². The van der Waals surface area contributed by atoms with Crippen LogP contribution in [0.1, 0.15) is 0 Å². The molecule has 5 heteroatoms. The van der Waals surface area contributed by atoms with E-state index in [1.165, 1.54) is 5.39 Å². The smallest absolute Gasteiger partial charge is 0.139 e. The molecule has 0 saturated heterocycles. The average Bonchev–Trinajstić information content (AvgIpc) is 3.42. The van der Waals surface area contributed by atoms with Gasteiger partial charge in [0, 0.05) is 23.5 Å². The number of hydrogen-bond donors (Lipinski definition) is 0. The highest BCUT2D eigenvalue weighted by Crippen LogP contribution is 2.39. The van der Waals surface area contributed by atoms with E-state index in [4.69, 9.17) is 9.97 Å². The first-order chi connectivity index (χ1) is 16.9. The van der Waals surface area contributed by atoms with E-state index in [1.54, 1.807) is 6.20 Å². The summed E-state index contributed by atoms with van der Waals surface area (Å²) in [6, 6.07) is 35.0. The van der Waals surface area contributed by atoms with Gasteiger partial charge in [-0.1, -0.05) is 48.5 Å². The fraction of sp³-hybridized carbons (Fsp3) is 0. The van der Waals surface area contributed by atoms with Crippen molar-refractivity contribution in [3.8, 4) is 22.9 Å². The molecule has 5 nitrogen and oxygen atoms in total. The second-order valence-corrected chi connectivity index (χ2v) is 8.19. The zero-order valence-electron chi connectivity index (χ0n) is 18.2. The van der Waals surface area contributed by atoms with E-state index in [1.807, 2.05) is 54.7 Å². The first-order valence-electron chi connectivity index (χ1n) is 11.2. The van der Waals surface area contributed by atoms with Gasteiger partial charge in [-0.2, -0.15) is 0 Å². The number of hydrogen-bond acceptors (Lipinski definition) is 3. The van der Waals surface area contributed by atoms with Gasteiger partial charge in [0.2, 0.25) is 0 Å². The van der Waals surface area contributed by atoms with Gasteiger partial charge in [0.15, 0.2) is 0 Å². The normalized spacial score (nSPS) is 11.5. The quantitative estimate of drug-likeness (QED) is 0.314. The molecule has 0 N–H and O–H groups in total. The fourth-order valence-electron chi connectivity index (χ4n) is 4.83. The monoisotopic (exact) mass is 437 g/mol. The molecule has 160 valence electrons. The van der Waals surface area contributed by atoms with Gasteiger partial charge >= 0.3 is 0 Å². The Morgan fingerprint density at radius 2 is 1.29 bits per heavy atom. The second kappa shape index (κ2) is 7.39. The lowest BCUT2D eigenvalue weighted by atomic mass is 10.2. The van der Waals surface area contributed by atoms with Crippen LogP contribution in [0.3, 0.4) is 0 Å². The highest BCUT2D eigenvalue weighted by Gasteiger charge is 2.23. The summed E-state index contributed by atoms with van der Waals surface area (Å²) in [5.41, 5.74) is 6.95. The van der Waals surface area contributed by atoms with Gasteiger partial charge in [-0.15, -0.1) is 0 Å². The maximum absolute atomic E-state index is 5.05. The van der Waals surface area contributed by atoms with Crippen LogP contribution in [0.4, 0.5) is 0 Å². The molecule has 0 radical (unpaired) electrons. The molecule has 0 aliphatic rings. The lowest BCUT2D eigenvalue weighted by molar-refractivity contribution is 1.02. The molecular weight excluding hydrogens is 418 g/mol. The zero-order valence-corrected chi connectivity index (χ0v) is 18.2. The van der Waals surface area contributed by atoms with Crippen molar-refractivity contribution in [1.82, 2.24) is 24.1 Å². The van der Waals surface area contributed by atoms with Crippen molar-refractivity contribution in [2.24, 2.45) is 0 Å². The van der Waals surface area contributed by atoms with E-state index in [-0.39, 0.29) is 0 Å². The molecule has 0 bridgehead atoms. The molecule has 0 saturated carbocycles. The van der Waals surface area contributed by atoms with Crippen LogP contribution in [-0.4, -0.2) is 24.1 Å². The molecule has 5 aromatic heterocycles. The molecule has 0 aliphatic heterocycles. The van der Waals surface area contributed by atoms with E-state index in [0.29, 0.717) is 0 Å². The molecule has 0 spiro atoms. The molecule has 34 heavy (non-hydrogen) atoms. The third-order valence-corrected chi connectivity index (χ3v) is 6.23. The molecule has 0 aliphatic carbocycles. The van der Waals surface area contributed by atoms with Crippen LogP contribution in [0.15, 0.2) is 116 Å². The van der Waals surface area contributed by atoms with E-state index < -0.39 is 0 Å². The number of aromatic nitrogens is 5. The summed E-state index contributed by atoms with van der Waals surface area (Å²) < 4.78 is 4.53. The Kier molecular flexibility index (Phi) is 4.08. The van der Waals surface area contributed by atoms with Crippen molar-refractivity contribution in [2.45, 2.75) is 0 Å². The maximum atomic E-state index is 5.05. The summed E-state index contributed by atoms with van der Waals surface area (Å²) in [5.74, 6) is 0.830. The molecular formula is C29H19N5. The summed E-state index contributed by atoms with van der Waals surface area (Å²) in [6.45, 7) is 0. The summed E-state index contributed by atoms with van der Waals surface area (Å²) in [4.78, 5) is 14.4. The molecule has 7 rings (SSSR count). The molecule has 2 aromatic carbocycles. The Balaban J connectivity index is 1.65. The van der Waals surface area contributed by atoms with Crippen molar-refractivity contribution >= 4 is 33.0 Å². The van der Waals surface area contributed by atoms with Crippen LogP contribution in [0.2, 0.25) is 0 Å². The standard InChI is InChI=1S/C29H19N5/c1-2-10-20(11-3-1)33-24-15-5-4-12-21(24)27-28-25(16-9-19-31-28)34(29(27)33)26-17-8-14-23(32-26)22-13-6-7-18-30-22/h1-19H. The first-order valence-corrected chi connectivity index (χ1v) is 11.2. The highest BCUT2D eigenvalue weighted by molar-refractivity contribution is 6.21. The van der Waals surface area contributed by atoms with Crippen LogP contribution in [-0.2, 0) is 0 Å². The minimum absolute atomic E-state index is 0.830. The van der Waals surface area contributed by atoms with Crippen LogP contribution in [0, 0.1) is 0 Å². The largest absolute Gasteiger partial charge is 0.295 e. The molecule has 0 amide bonds. The van der Waals surface area contributed by atoms with Gasteiger partial charge in [0.1, 0.15) is 11.5 Å². The molecule has 5 heterocycles.